The van der Waals surface area contributed by atoms with Gasteiger partial charge in [-0.3, -0.25) is 0 Å². The molecule has 0 aromatic heterocycles. The molecule has 0 aliphatic rings. The second-order valence-electron chi connectivity index (χ2n) is 5.95. The maximum Gasteiger partial charge on any atom is 0.0716 e. The van der Waals surface area contributed by atoms with Gasteiger partial charge in [0.25, 0.3) is 0 Å². The van der Waals surface area contributed by atoms with Crippen molar-refractivity contribution in [1.29, 1.82) is 0 Å². The summed E-state index contributed by atoms with van der Waals surface area (Å²) in [6, 6.07) is 8.75. The summed E-state index contributed by atoms with van der Waals surface area (Å²) in [4.78, 5) is 0. The van der Waals surface area contributed by atoms with Crippen molar-refractivity contribution in [2.24, 2.45) is 5.92 Å². The van der Waals surface area contributed by atoms with Crippen LogP contribution in [0.4, 0.5) is 0 Å². The SMILES string of the molecule is CCCCCCOCc1ccc(CNCC(C)C)cc1. The van der Waals surface area contributed by atoms with Gasteiger partial charge in [0.15, 0.2) is 0 Å². The fourth-order valence-electron chi connectivity index (χ4n) is 2.08. The van der Waals surface area contributed by atoms with E-state index in [1.165, 1.54) is 36.8 Å². The summed E-state index contributed by atoms with van der Waals surface area (Å²) in [6.45, 7) is 10.4. The molecule has 1 aromatic carbocycles. The number of benzene rings is 1. The van der Waals surface area contributed by atoms with Gasteiger partial charge >= 0.3 is 0 Å². The van der Waals surface area contributed by atoms with E-state index in [9.17, 15) is 0 Å². The molecule has 0 spiro atoms. The van der Waals surface area contributed by atoms with Gasteiger partial charge in [0.1, 0.15) is 0 Å². The number of unbranched alkanes of at least 4 members (excludes halogenated alkanes) is 3. The molecular formula is C18H31NO. The Bertz CT molecular complexity index is 332. The average Bonchev–Trinajstić information content (AvgIpc) is 2.44. The third kappa shape index (κ3) is 8.34. The minimum atomic E-state index is 0.704. The topological polar surface area (TPSA) is 21.3 Å². The molecule has 1 rings (SSSR count). The molecule has 0 radical (unpaired) electrons. The van der Waals surface area contributed by atoms with E-state index in [1.807, 2.05) is 0 Å². The molecule has 0 saturated carbocycles. The summed E-state index contributed by atoms with van der Waals surface area (Å²) in [5, 5.41) is 3.46. The summed E-state index contributed by atoms with van der Waals surface area (Å²) in [6.07, 6.45) is 5.08. The first-order valence-electron chi connectivity index (χ1n) is 8.08. The van der Waals surface area contributed by atoms with Crippen molar-refractivity contribution in [2.75, 3.05) is 13.2 Å². The van der Waals surface area contributed by atoms with Crippen molar-refractivity contribution >= 4 is 0 Å². The smallest absolute Gasteiger partial charge is 0.0716 e. The predicted molar refractivity (Wildman–Crippen MR) is 86.8 cm³/mol. The molecule has 0 aliphatic heterocycles. The van der Waals surface area contributed by atoms with E-state index in [0.717, 1.165) is 26.3 Å². The Morgan fingerprint density at radius 2 is 1.70 bits per heavy atom. The summed E-state index contributed by atoms with van der Waals surface area (Å²) in [7, 11) is 0. The molecule has 0 unspecified atom stereocenters. The second-order valence-corrected chi connectivity index (χ2v) is 5.95. The normalized spacial score (nSPS) is 11.2. The molecule has 114 valence electrons. The van der Waals surface area contributed by atoms with Gasteiger partial charge in [-0.05, 0) is 30.0 Å². The van der Waals surface area contributed by atoms with Crippen LogP contribution >= 0.6 is 0 Å². The lowest BCUT2D eigenvalue weighted by Gasteiger charge is -2.08. The van der Waals surface area contributed by atoms with Crippen LogP contribution in [0.5, 0.6) is 0 Å². The Hall–Kier alpha value is -0.860. The molecule has 1 aromatic rings. The number of ether oxygens (including phenoxy) is 1. The third-order valence-electron chi connectivity index (χ3n) is 3.32. The third-order valence-corrected chi connectivity index (χ3v) is 3.32. The van der Waals surface area contributed by atoms with E-state index < -0.39 is 0 Å². The molecule has 0 aliphatic carbocycles. The summed E-state index contributed by atoms with van der Waals surface area (Å²) in [5.41, 5.74) is 2.62. The number of nitrogens with one attached hydrogen (secondary N) is 1. The van der Waals surface area contributed by atoms with Gasteiger partial charge in [-0.15, -0.1) is 0 Å². The zero-order valence-electron chi connectivity index (χ0n) is 13.5. The van der Waals surface area contributed by atoms with Gasteiger partial charge in [0.2, 0.25) is 0 Å². The molecule has 2 nitrogen and oxygen atoms in total. The van der Waals surface area contributed by atoms with Crippen LogP contribution in [-0.4, -0.2) is 13.2 Å². The van der Waals surface area contributed by atoms with Gasteiger partial charge in [0, 0.05) is 13.2 Å². The molecule has 0 amide bonds. The first-order chi connectivity index (χ1) is 9.72. The van der Waals surface area contributed by atoms with E-state index in [4.69, 9.17) is 4.74 Å². The average molecular weight is 277 g/mol. The predicted octanol–water partition coefficient (Wildman–Crippen LogP) is 4.53. The highest BCUT2D eigenvalue weighted by atomic mass is 16.5. The summed E-state index contributed by atoms with van der Waals surface area (Å²) >= 11 is 0. The Labute approximate surface area is 124 Å². The van der Waals surface area contributed by atoms with Crippen LogP contribution < -0.4 is 5.32 Å². The van der Waals surface area contributed by atoms with Crippen LogP contribution in [0.25, 0.3) is 0 Å². The number of hydrogen-bond acceptors (Lipinski definition) is 2. The highest BCUT2D eigenvalue weighted by Crippen LogP contribution is 2.07. The van der Waals surface area contributed by atoms with E-state index in [2.05, 4.69) is 50.4 Å². The van der Waals surface area contributed by atoms with Gasteiger partial charge in [-0.25, -0.2) is 0 Å². The lowest BCUT2D eigenvalue weighted by Crippen LogP contribution is -2.18. The highest BCUT2D eigenvalue weighted by molar-refractivity contribution is 5.21. The van der Waals surface area contributed by atoms with Crippen molar-refractivity contribution in [2.45, 2.75) is 59.6 Å². The molecule has 0 atom stereocenters. The van der Waals surface area contributed by atoms with Crippen LogP contribution in [0.2, 0.25) is 0 Å². The molecule has 0 fully saturated rings. The second kappa shape index (κ2) is 10.9. The minimum Gasteiger partial charge on any atom is -0.377 e. The van der Waals surface area contributed by atoms with Gasteiger partial charge in [0.05, 0.1) is 6.61 Å². The van der Waals surface area contributed by atoms with E-state index >= 15 is 0 Å². The first kappa shape index (κ1) is 17.2. The van der Waals surface area contributed by atoms with Gasteiger partial charge in [-0.1, -0.05) is 64.3 Å². The van der Waals surface area contributed by atoms with Crippen LogP contribution in [0, 0.1) is 5.92 Å². The largest absolute Gasteiger partial charge is 0.377 e. The molecule has 1 N–H and O–H groups in total. The highest BCUT2D eigenvalue weighted by Gasteiger charge is 1.97. The van der Waals surface area contributed by atoms with Crippen molar-refractivity contribution < 1.29 is 4.74 Å². The van der Waals surface area contributed by atoms with Gasteiger partial charge in [-0.2, -0.15) is 0 Å². The number of rotatable bonds is 11. The number of hydrogen-bond donors (Lipinski definition) is 1. The van der Waals surface area contributed by atoms with Crippen molar-refractivity contribution in [1.82, 2.24) is 5.32 Å². The lowest BCUT2D eigenvalue weighted by atomic mass is 10.1. The lowest BCUT2D eigenvalue weighted by molar-refractivity contribution is 0.117. The summed E-state index contributed by atoms with van der Waals surface area (Å²) in [5.74, 6) is 0.704. The van der Waals surface area contributed by atoms with Crippen LogP contribution in [-0.2, 0) is 17.9 Å². The fraction of sp³-hybridized carbons (Fsp3) is 0.667. The molecule has 0 heterocycles. The Balaban J connectivity index is 2.15. The molecule has 0 saturated heterocycles. The Kier molecular flexibility index (Phi) is 9.35. The fourth-order valence-corrected chi connectivity index (χ4v) is 2.08. The Morgan fingerprint density at radius 3 is 2.35 bits per heavy atom. The van der Waals surface area contributed by atoms with E-state index in [-0.39, 0.29) is 0 Å². The monoisotopic (exact) mass is 277 g/mol. The van der Waals surface area contributed by atoms with Crippen LogP contribution in [0.15, 0.2) is 24.3 Å². The van der Waals surface area contributed by atoms with Crippen molar-refractivity contribution in [3.63, 3.8) is 0 Å². The minimum absolute atomic E-state index is 0.704. The summed E-state index contributed by atoms with van der Waals surface area (Å²) < 4.78 is 5.70. The maximum absolute atomic E-state index is 5.70. The standard InChI is InChI=1S/C18H31NO/c1-4-5-6-7-12-20-15-18-10-8-17(9-11-18)14-19-13-16(2)3/h8-11,16,19H,4-7,12-15H2,1-3H3. The molecule has 2 heteroatoms. The van der Waals surface area contributed by atoms with Crippen LogP contribution in [0.3, 0.4) is 0 Å². The maximum atomic E-state index is 5.70. The van der Waals surface area contributed by atoms with Gasteiger partial charge < -0.3 is 10.1 Å². The quantitative estimate of drug-likeness (QED) is 0.600. The van der Waals surface area contributed by atoms with E-state index in [0.29, 0.717) is 5.92 Å². The van der Waals surface area contributed by atoms with Crippen molar-refractivity contribution in [3.05, 3.63) is 35.4 Å². The Morgan fingerprint density at radius 1 is 1.00 bits per heavy atom. The molecule has 20 heavy (non-hydrogen) atoms. The van der Waals surface area contributed by atoms with Crippen molar-refractivity contribution in [3.8, 4) is 0 Å². The molecule has 0 bridgehead atoms. The van der Waals surface area contributed by atoms with Crippen LogP contribution in [0.1, 0.15) is 57.6 Å². The zero-order chi connectivity index (χ0) is 14.6. The van der Waals surface area contributed by atoms with E-state index in [1.54, 1.807) is 0 Å². The molecular weight excluding hydrogens is 246 g/mol. The zero-order valence-corrected chi connectivity index (χ0v) is 13.5. The first-order valence-corrected chi connectivity index (χ1v) is 8.08.